The molecule has 2 aromatic rings. The minimum atomic E-state index is -1.12. The van der Waals surface area contributed by atoms with Gasteiger partial charge < -0.3 is 10.4 Å². The monoisotopic (exact) mass is 313 g/mol. The van der Waals surface area contributed by atoms with Crippen molar-refractivity contribution in [3.05, 3.63) is 63.9 Å². The highest BCUT2D eigenvalue weighted by molar-refractivity contribution is 6.31. The van der Waals surface area contributed by atoms with Gasteiger partial charge in [-0.25, -0.2) is 9.18 Å². The quantitative estimate of drug-likeness (QED) is 0.881. The van der Waals surface area contributed by atoms with Crippen molar-refractivity contribution < 1.29 is 14.3 Å². The van der Waals surface area contributed by atoms with Crippen molar-refractivity contribution >= 4 is 34.9 Å². The zero-order valence-corrected chi connectivity index (χ0v) is 11.6. The first-order valence-electron chi connectivity index (χ1n) is 5.67. The van der Waals surface area contributed by atoms with Crippen LogP contribution < -0.4 is 5.32 Å². The van der Waals surface area contributed by atoms with Crippen molar-refractivity contribution in [2.45, 2.75) is 6.04 Å². The molecule has 0 amide bonds. The first-order chi connectivity index (χ1) is 9.47. The topological polar surface area (TPSA) is 49.3 Å². The average Bonchev–Trinajstić information content (AvgIpc) is 2.41. The average molecular weight is 314 g/mol. The van der Waals surface area contributed by atoms with Gasteiger partial charge in [0.05, 0.1) is 5.02 Å². The Bertz CT molecular complexity index is 632. The van der Waals surface area contributed by atoms with Crippen LogP contribution in [0, 0.1) is 5.82 Å². The van der Waals surface area contributed by atoms with Gasteiger partial charge in [-0.2, -0.15) is 0 Å². The van der Waals surface area contributed by atoms with E-state index >= 15 is 0 Å². The number of halogens is 3. The van der Waals surface area contributed by atoms with E-state index in [1.807, 2.05) is 0 Å². The maximum Gasteiger partial charge on any atom is 0.330 e. The summed E-state index contributed by atoms with van der Waals surface area (Å²) >= 11 is 11.3. The lowest BCUT2D eigenvalue weighted by Gasteiger charge is -2.16. The first kappa shape index (κ1) is 14.6. The van der Waals surface area contributed by atoms with Gasteiger partial charge >= 0.3 is 5.97 Å². The molecule has 0 aliphatic heterocycles. The highest BCUT2D eigenvalue weighted by Crippen LogP contribution is 2.24. The molecule has 0 heterocycles. The Hall–Kier alpha value is -1.78. The third kappa shape index (κ3) is 3.40. The van der Waals surface area contributed by atoms with Gasteiger partial charge in [0.25, 0.3) is 0 Å². The summed E-state index contributed by atoms with van der Waals surface area (Å²) in [6.45, 7) is 0. The number of aliphatic carboxylic acids is 1. The van der Waals surface area contributed by atoms with Crippen LogP contribution in [0.5, 0.6) is 0 Å². The van der Waals surface area contributed by atoms with Gasteiger partial charge in [-0.1, -0.05) is 29.3 Å². The molecule has 6 heteroatoms. The lowest BCUT2D eigenvalue weighted by atomic mass is 10.1. The SMILES string of the molecule is O=C(O)C(Nc1ccc(Cl)cc1)c1ccc(Cl)c(F)c1. The van der Waals surface area contributed by atoms with Gasteiger partial charge in [-0.3, -0.25) is 0 Å². The summed E-state index contributed by atoms with van der Waals surface area (Å²) in [4.78, 5) is 11.3. The van der Waals surface area contributed by atoms with E-state index in [0.717, 1.165) is 6.07 Å². The Morgan fingerprint density at radius 1 is 1.15 bits per heavy atom. The van der Waals surface area contributed by atoms with Crippen molar-refractivity contribution in [1.29, 1.82) is 0 Å². The second-order valence-electron chi connectivity index (χ2n) is 4.10. The summed E-state index contributed by atoms with van der Waals surface area (Å²) < 4.78 is 13.4. The predicted octanol–water partition coefficient (Wildman–Crippen LogP) is 4.37. The maximum atomic E-state index is 13.4. The second-order valence-corrected chi connectivity index (χ2v) is 4.94. The number of nitrogens with one attached hydrogen (secondary N) is 1. The number of rotatable bonds is 4. The molecule has 2 aromatic carbocycles. The highest BCUT2D eigenvalue weighted by atomic mass is 35.5. The molecule has 2 N–H and O–H groups in total. The molecule has 0 spiro atoms. The number of anilines is 1. The van der Waals surface area contributed by atoms with Gasteiger partial charge in [-0.05, 0) is 42.0 Å². The Balaban J connectivity index is 2.29. The molecule has 0 bridgehead atoms. The van der Waals surface area contributed by atoms with Crippen LogP contribution in [0.3, 0.4) is 0 Å². The van der Waals surface area contributed by atoms with Crippen LogP contribution in [0.25, 0.3) is 0 Å². The van der Waals surface area contributed by atoms with E-state index in [1.54, 1.807) is 24.3 Å². The number of carbonyl (C=O) groups is 1. The Labute approximate surface area is 124 Å². The fourth-order valence-corrected chi connectivity index (χ4v) is 1.94. The van der Waals surface area contributed by atoms with Gasteiger partial charge in [0.1, 0.15) is 5.82 Å². The number of hydrogen-bond acceptors (Lipinski definition) is 2. The lowest BCUT2D eigenvalue weighted by molar-refractivity contribution is -0.138. The lowest BCUT2D eigenvalue weighted by Crippen LogP contribution is -2.20. The zero-order valence-electron chi connectivity index (χ0n) is 10.1. The third-order valence-corrected chi connectivity index (χ3v) is 3.24. The van der Waals surface area contributed by atoms with Gasteiger partial charge in [-0.15, -0.1) is 0 Å². The first-order valence-corrected chi connectivity index (χ1v) is 6.43. The molecule has 20 heavy (non-hydrogen) atoms. The number of benzene rings is 2. The molecule has 1 atom stereocenters. The van der Waals surface area contributed by atoms with E-state index in [4.69, 9.17) is 23.2 Å². The summed E-state index contributed by atoms with van der Waals surface area (Å²) in [5.74, 6) is -1.78. The van der Waals surface area contributed by atoms with E-state index in [-0.39, 0.29) is 10.6 Å². The van der Waals surface area contributed by atoms with E-state index in [2.05, 4.69) is 5.32 Å². The Kier molecular flexibility index (Phi) is 4.47. The van der Waals surface area contributed by atoms with Crippen LogP contribution in [0.15, 0.2) is 42.5 Å². The van der Waals surface area contributed by atoms with Crippen molar-refractivity contribution in [2.24, 2.45) is 0 Å². The van der Waals surface area contributed by atoms with E-state index < -0.39 is 17.8 Å². The molecule has 0 aliphatic carbocycles. The minimum absolute atomic E-state index is 0.0515. The van der Waals surface area contributed by atoms with Crippen LogP contribution in [0.2, 0.25) is 10.0 Å². The fraction of sp³-hybridized carbons (Fsp3) is 0.0714. The van der Waals surface area contributed by atoms with Crippen LogP contribution in [0.1, 0.15) is 11.6 Å². The normalized spacial score (nSPS) is 11.9. The molecular weight excluding hydrogens is 304 g/mol. The van der Waals surface area contributed by atoms with Gasteiger partial charge in [0, 0.05) is 10.7 Å². The van der Waals surface area contributed by atoms with Crippen molar-refractivity contribution in [3.63, 3.8) is 0 Å². The minimum Gasteiger partial charge on any atom is -0.479 e. The molecule has 104 valence electrons. The van der Waals surface area contributed by atoms with Crippen molar-refractivity contribution in [1.82, 2.24) is 0 Å². The highest BCUT2D eigenvalue weighted by Gasteiger charge is 2.20. The van der Waals surface area contributed by atoms with E-state index in [9.17, 15) is 14.3 Å². The Morgan fingerprint density at radius 2 is 1.80 bits per heavy atom. The van der Waals surface area contributed by atoms with Crippen molar-refractivity contribution in [2.75, 3.05) is 5.32 Å². The standard InChI is InChI=1S/C14H10Cl2FNO2/c15-9-2-4-10(5-3-9)18-13(14(19)20)8-1-6-11(16)12(17)7-8/h1-7,13,18H,(H,19,20). The smallest absolute Gasteiger partial charge is 0.330 e. The molecule has 1 unspecified atom stereocenters. The summed E-state index contributed by atoms with van der Waals surface area (Å²) in [5, 5.41) is 12.5. The summed E-state index contributed by atoms with van der Waals surface area (Å²) in [7, 11) is 0. The van der Waals surface area contributed by atoms with Gasteiger partial charge in [0.2, 0.25) is 0 Å². The molecule has 0 aromatic heterocycles. The molecule has 0 aliphatic rings. The molecule has 3 nitrogen and oxygen atoms in total. The van der Waals surface area contributed by atoms with Gasteiger partial charge in [0.15, 0.2) is 6.04 Å². The van der Waals surface area contributed by atoms with E-state index in [1.165, 1.54) is 12.1 Å². The van der Waals surface area contributed by atoms with Crippen LogP contribution in [-0.4, -0.2) is 11.1 Å². The number of carboxylic acids is 1. The fourth-order valence-electron chi connectivity index (χ4n) is 1.69. The molecule has 0 saturated carbocycles. The third-order valence-electron chi connectivity index (χ3n) is 2.68. The number of hydrogen-bond donors (Lipinski definition) is 2. The summed E-state index contributed by atoms with van der Waals surface area (Å²) in [5.41, 5.74) is 0.839. The van der Waals surface area contributed by atoms with Crippen LogP contribution in [-0.2, 0) is 4.79 Å². The maximum absolute atomic E-state index is 13.4. The molecule has 0 fully saturated rings. The summed E-state index contributed by atoms with van der Waals surface area (Å²) in [6, 6.07) is 9.36. The second kappa shape index (κ2) is 6.11. The largest absolute Gasteiger partial charge is 0.479 e. The van der Waals surface area contributed by atoms with Crippen LogP contribution >= 0.6 is 23.2 Å². The summed E-state index contributed by atoms with van der Waals surface area (Å²) in [6.07, 6.45) is 0. The van der Waals surface area contributed by atoms with Crippen molar-refractivity contribution in [3.8, 4) is 0 Å². The van der Waals surface area contributed by atoms with Crippen LogP contribution in [0.4, 0.5) is 10.1 Å². The molecular formula is C14H10Cl2FNO2. The molecule has 2 rings (SSSR count). The van der Waals surface area contributed by atoms with E-state index in [0.29, 0.717) is 10.7 Å². The Morgan fingerprint density at radius 3 is 2.35 bits per heavy atom. The predicted molar refractivity (Wildman–Crippen MR) is 76.9 cm³/mol. The number of carboxylic acid groups (broad SMARTS) is 1. The molecule has 0 radical (unpaired) electrons. The molecule has 0 saturated heterocycles. The zero-order chi connectivity index (χ0) is 14.7.